The first-order valence-electron chi connectivity index (χ1n) is 10.2. The molecular weight excluding hydrogens is 396 g/mol. The third-order valence-corrected chi connectivity index (χ3v) is 5.92. The fraction of sp³-hybridized carbons (Fsp3) is 0.375. The highest BCUT2D eigenvalue weighted by Crippen LogP contribution is 2.44. The molecule has 0 heterocycles. The van der Waals surface area contributed by atoms with Crippen LogP contribution in [0.15, 0.2) is 48.5 Å². The minimum Gasteiger partial charge on any atom is -0.480 e. The van der Waals surface area contributed by atoms with Gasteiger partial charge in [0.15, 0.2) is 0 Å². The van der Waals surface area contributed by atoms with E-state index in [-0.39, 0.29) is 24.9 Å². The number of alkyl carbamates (subject to hydrolysis) is 1. The number of fused-ring (bicyclic) bond motifs is 3. The van der Waals surface area contributed by atoms with Crippen molar-refractivity contribution in [2.75, 3.05) is 13.7 Å². The number of likely N-dealkylation sites (N-methyl/N-ethyl adjacent to an activating group) is 1. The molecule has 0 radical (unpaired) electrons. The predicted octanol–water partition coefficient (Wildman–Crippen LogP) is 3.63. The van der Waals surface area contributed by atoms with Crippen molar-refractivity contribution >= 4 is 18.0 Å². The maximum Gasteiger partial charge on any atom is 0.407 e. The molecule has 2 N–H and O–H groups in total. The summed E-state index contributed by atoms with van der Waals surface area (Å²) in [6, 6.07) is 15.6. The van der Waals surface area contributed by atoms with E-state index < -0.39 is 23.6 Å². The molecule has 3 rings (SSSR count). The summed E-state index contributed by atoms with van der Waals surface area (Å²) in [6.45, 7) is 4.78. The second-order valence-electron chi connectivity index (χ2n) is 8.39. The van der Waals surface area contributed by atoms with Gasteiger partial charge in [0.1, 0.15) is 12.1 Å². The van der Waals surface area contributed by atoms with Crippen molar-refractivity contribution < 1.29 is 24.2 Å². The van der Waals surface area contributed by atoms with E-state index in [2.05, 4.69) is 17.4 Å². The van der Waals surface area contributed by atoms with Crippen LogP contribution in [0.25, 0.3) is 11.1 Å². The Morgan fingerprint density at radius 3 is 2.10 bits per heavy atom. The molecule has 7 heteroatoms. The largest absolute Gasteiger partial charge is 0.480 e. The molecule has 31 heavy (non-hydrogen) atoms. The van der Waals surface area contributed by atoms with Crippen LogP contribution in [0.3, 0.4) is 0 Å². The van der Waals surface area contributed by atoms with Crippen LogP contribution in [-0.2, 0) is 14.3 Å². The number of ether oxygens (including phenoxy) is 1. The van der Waals surface area contributed by atoms with Crippen LogP contribution in [-0.4, -0.2) is 53.2 Å². The van der Waals surface area contributed by atoms with Gasteiger partial charge in [0.25, 0.3) is 0 Å². The molecule has 7 nitrogen and oxygen atoms in total. The molecule has 0 fully saturated rings. The number of hydrogen-bond acceptors (Lipinski definition) is 4. The number of hydrogen-bond donors (Lipinski definition) is 2. The first-order valence-corrected chi connectivity index (χ1v) is 10.2. The molecule has 0 unspecified atom stereocenters. The lowest BCUT2D eigenvalue weighted by Gasteiger charge is -2.32. The number of carbonyl (C=O) groups excluding carboxylic acids is 2. The number of aliphatic carboxylic acids is 1. The van der Waals surface area contributed by atoms with Crippen LogP contribution in [0, 0.1) is 0 Å². The Morgan fingerprint density at radius 1 is 1.06 bits per heavy atom. The summed E-state index contributed by atoms with van der Waals surface area (Å²) in [5.41, 5.74) is 3.21. The van der Waals surface area contributed by atoms with Crippen molar-refractivity contribution in [2.24, 2.45) is 0 Å². The zero-order chi connectivity index (χ0) is 22.8. The van der Waals surface area contributed by atoms with Gasteiger partial charge in [-0.2, -0.15) is 0 Å². The molecule has 0 aromatic heterocycles. The third-order valence-electron chi connectivity index (χ3n) is 5.92. The smallest absolute Gasteiger partial charge is 0.407 e. The van der Waals surface area contributed by atoms with E-state index in [0.717, 1.165) is 22.3 Å². The van der Waals surface area contributed by atoms with Crippen LogP contribution in [0.4, 0.5) is 4.79 Å². The van der Waals surface area contributed by atoms with E-state index in [1.54, 1.807) is 6.92 Å². The van der Waals surface area contributed by atoms with Gasteiger partial charge >= 0.3 is 12.1 Å². The van der Waals surface area contributed by atoms with Crippen molar-refractivity contribution in [3.8, 4) is 11.1 Å². The predicted molar refractivity (Wildman–Crippen MR) is 117 cm³/mol. The van der Waals surface area contributed by atoms with E-state index in [0.29, 0.717) is 0 Å². The van der Waals surface area contributed by atoms with E-state index in [4.69, 9.17) is 4.74 Å². The van der Waals surface area contributed by atoms with Gasteiger partial charge in [-0.25, -0.2) is 9.59 Å². The van der Waals surface area contributed by atoms with Crippen molar-refractivity contribution in [3.05, 3.63) is 59.7 Å². The summed E-state index contributed by atoms with van der Waals surface area (Å²) in [5.74, 6) is -1.52. The van der Waals surface area contributed by atoms with Crippen LogP contribution in [0.2, 0.25) is 0 Å². The average molecular weight is 424 g/mol. The standard InChI is InChI=1S/C24H28N2O5/c1-15(13-21(27)26(4)24(2,3)22(28)29)25-23(30)31-14-20-18-11-7-5-9-16(18)17-10-6-8-12-19(17)20/h5-12,15,20H,13-14H2,1-4H3,(H,25,30)(H,28,29)/t15-/m1/s1. The summed E-state index contributed by atoms with van der Waals surface area (Å²) in [6.07, 6.45) is -0.639. The maximum atomic E-state index is 12.4. The van der Waals surface area contributed by atoms with Crippen LogP contribution >= 0.6 is 0 Å². The van der Waals surface area contributed by atoms with Gasteiger partial charge in [0.05, 0.1) is 0 Å². The molecule has 2 amide bonds. The van der Waals surface area contributed by atoms with E-state index in [9.17, 15) is 19.5 Å². The first kappa shape index (κ1) is 22.3. The van der Waals surface area contributed by atoms with Gasteiger partial charge in [-0.1, -0.05) is 48.5 Å². The number of amides is 2. The second-order valence-corrected chi connectivity index (χ2v) is 8.39. The van der Waals surface area contributed by atoms with Crippen LogP contribution in [0.1, 0.15) is 44.2 Å². The Bertz CT molecular complexity index is 955. The zero-order valence-corrected chi connectivity index (χ0v) is 18.2. The minimum atomic E-state index is -1.33. The molecule has 2 aromatic rings. The lowest BCUT2D eigenvalue weighted by atomic mass is 9.98. The minimum absolute atomic E-state index is 0.0304. The van der Waals surface area contributed by atoms with Crippen molar-refractivity contribution in [1.29, 1.82) is 0 Å². The molecule has 0 spiro atoms. The van der Waals surface area contributed by atoms with Crippen molar-refractivity contribution in [2.45, 2.75) is 44.7 Å². The molecular formula is C24H28N2O5. The lowest BCUT2D eigenvalue weighted by molar-refractivity contribution is -0.155. The Kier molecular flexibility index (Phi) is 6.34. The Hall–Kier alpha value is -3.35. The van der Waals surface area contributed by atoms with E-state index in [1.165, 1.54) is 25.8 Å². The lowest BCUT2D eigenvalue weighted by Crippen LogP contribution is -2.52. The molecule has 2 aromatic carbocycles. The molecule has 0 saturated heterocycles. The van der Waals surface area contributed by atoms with Crippen LogP contribution < -0.4 is 5.32 Å². The number of carboxylic acids is 1. The molecule has 1 aliphatic rings. The third kappa shape index (κ3) is 4.55. The molecule has 0 saturated carbocycles. The van der Waals surface area contributed by atoms with Gasteiger partial charge in [-0.15, -0.1) is 0 Å². The Morgan fingerprint density at radius 2 is 1.58 bits per heavy atom. The van der Waals surface area contributed by atoms with Crippen molar-refractivity contribution in [3.63, 3.8) is 0 Å². The van der Waals surface area contributed by atoms with Gasteiger partial charge < -0.3 is 20.1 Å². The Balaban J connectivity index is 1.57. The average Bonchev–Trinajstić information content (AvgIpc) is 3.05. The summed E-state index contributed by atoms with van der Waals surface area (Å²) in [7, 11) is 1.44. The van der Waals surface area contributed by atoms with Gasteiger partial charge in [-0.3, -0.25) is 4.79 Å². The summed E-state index contributed by atoms with van der Waals surface area (Å²) in [4.78, 5) is 37.2. The zero-order valence-electron chi connectivity index (χ0n) is 18.2. The van der Waals surface area contributed by atoms with Crippen molar-refractivity contribution in [1.82, 2.24) is 10.2 Å². The topological polar surface area (TPSA) is 95.9 Å². The van der Waals surface area contributed by atoms with E-state index in [1.807, 2.05) is 36.4 Å². The monoisotopic (exact) mass is 424 g/mol. The maximum absolute atomic E-state index is 12.4. The highest BCUT2D eigenvalue weighted by atomic mass is 16.5. The van der Waals surface area contributed by atoms with Gasteiger partial charge in [0, 0.05) is 25.4 Å². The second kappa shape index (κ2) is 8.79. The number of nitrogens with zero attached hydrogens (tertiary/aromatic N) is 1. The molecule has 0 aliphatic heterocycles. The highest BCUT2D eigenvalue weighted by molar-refractivity contribution is 5.86. The van der Waals surface area contributed by atoms with E-state index >= 15 is 0 Å². The SMILES string of the molecule is C[C@H](CC(=O)N(C)C(C)(C)C(=O)O)NC(=O)OCC1c2ccccc2-c2ccccc21. The first-order chi connectivity index (χ1) is 14.6. The number of benzene rings is 2. The number of carboxylic acid groups (broad SMARTS) is 1. The summed E-state index contributed by atoms with van der Waals surface area (Å²) >= 11 is 0. The molecule has 0 bridgehead atoms. The van der Waals surface area contributed by atoms with Gasteiger partial charge in [0.2, 0.25) is 5.91 Å². The molecule has 1 atom stereocenters. The number of rotatable bonds is 7. The normalized spacial score (nSPS) is 13.7. The fourth-order valence-corrected chi connectivity index (χ4v) is 3.75. The highest BCUT2D eigenvalue weighted by Gasteiger charge is 2.35. The Labute approximate surface area is 182 Å². The number of nitrogens with one attached hydrogen (secondary N) is 1. The molecule has 164 valence electrons. The quantitative estimate of drug-likeness (QED) is 0.708. The summed E-state index contributed by atoms with van der Waals surface area (Å²) in [5, 5.41) is 11.9. The van der Waals surface area contributed by atoms with Gasteiger partial charge in [-0.05, 0) is 43.0 Å². The number of carbonyl (C=O) groups is 3. The fourth-order valence-electron chi connectivity index (χ4n) is 3.75. The molecule has 1 aliphatic carbocycles. The summed E-state index contributed by atoms with van der Waals surface area (Å²) < 4.78 is 5.49. The van der Waals surface area contributed by atoms with Crippen LogP contribution in [0.5, 0.6) is 0 Å².